The number of nitrogens with one attached hydrogen (secondary N) is 1. The first-order chi connectivity index (χ1) is 15.7. The van der Waals surface area contributed by atoms with Crippen molar-refractivity contribution < 1.29 is 70.7 Å². The molecule has 4 rings (SSSR count). The van der Waals surface area contributed by atoms with Crippen LogP contribution in [0.4, 0.5) is 0 Å². The molecule has 0 spiro atoms. The van der Waals surface area contributed by atoms with E-state index in [-0.39, 0.29) is 63.0 Å². The number of hydrogen-bond acceptors (Lipinski definition) is 8. The molecule has 0 aliphatic carbocycles. The first-order valence-corrected chi connectivity index (χ1v) is 11.7. The van der Waals surface area contributed by atoms with Gasteiger partial charge in [-0.1, -0.05) is 20.8 Å². The molecule has 9 nitrogen and oxygen atoms in total. The molecular weight excluding hydrogens is 463 g/mol. The molecule has 34 heavy (non-hydrogen) atoms. The van der Waals surface area contributed by atoms with Crippen LogP contribution in [0, 0.1) is 0 Å². The predicted octanol–water partition coefficient (Wildman–Crippen LogP) is -1.74. The van der Waals surface area contributed by atoms with E-state index in [9.17, 15) is 9.90 Å². The van der Waals surface area contributed by atoms with Crippen LogP contribution in [0.1, 0.15) is 33.6 Å². The minimum Gasteiger partial charge on any atom is -0.850 e. The predicted molar refractivity (Wildman–Crippen MR) is 126 cm³/mol. The smallest absolute Gasteiger partial charge is 0.850 e. The molecule has 2 aliphatic rings. The normalized spacial score (nSPS) is 18.0. The summed E-state index contributed by atoms with van der Waals surface area (Å²) >= 11 is 0. The topological polar surface area (TPSA) is 103 Å². The molecule has 2 aliphatic heterocycles. The van der Waals surface area contributed by atoms with Crippen LogP contribution in [0.5, 0.6) is 11.5 Å². The number of rotatable bonds is 6. The first-order valence-electron chi connectivity index (χ1n) is 11.7. The average molecular weight is 501 g/mol. The van der Waals surface area contributed by atoms with Crippen molar-refractivity contribution in [2.75, 3.05) is 59.6 Å². The third-order valence-electron chi connectivity index (χ3n) is 5.42. The molecule has 3 heterocycles. The Balaban J connectivity index is 0.000000619. The van der Waals surface area contributed by atoms with E-state index in [2.05, 4.69) is 26.8 Å². The van der Waals surface area contributed by atoms with Crippen LogP contribution in [0.3, 0.4) is 0 Å². The van der Waals surface area contributed by atoms with Crippen LogP contribution < -0.4 is 71.5 Å². The van der Waals surface area contributed by atoms with Gasteiger partial charge in [-0.15, -0.1) is 5.60 Å². The van der Waals surface area contributed by atoms with E-state index in [4.69, 9.17) is 14.2 Å². The fourth-order valence-corrected chi connectivity index (χ4v) is 3.65. The number of hydrogen-bond donors (Lipinski definition) is 1. The zero-order valence-corrected chi connectivity index (χ0v) is 24.4. The maximum atomic E-state index is 12.3. The van der Waals surface area contributed by atoms with Gasteiger partial charge < -0.3 is 29.2 Å². The number of nitrogens with zero attached hydrogens (tertiary/aromatic N) is 3. The number of ether oxygens (including phenoxy) is 3. The number of aromatic nitrogens is 2. The van der Waals surface area contributed by atoms with Gasteiger partial charge in [0.1, 0.15) is 29.6 Å². The fraction of sp³-hybridized carbons (Fsp3) is 0.667. The molecule has 0 amide bonds. The number of aromatic amines is 1. The van der Waals surface area contributed by atoms with Crippen LogP contribution >= 0.6 is 0 Å². The Bertz CT molecular complexity index is 929. The Morgan fingerprint density at radius 1 is 1.18 bits per heavy atom. The summed E-state index contributed by atoms with van der Waals surface area (Å²) in [5.41, 5.74) is -0.362. The number of piperazine rings is 1. The van der Waals surface area contributed by atoms with Crippen molar-refractivity contribution >= 4 is 10.9 Å². The van der Waals surface area contributed by atoms with Gasteiger partial charge in [-0.25, -0.2) is 4.98 Å². The Kier molecular flexibility index (Phi) is 12.4. The average Bonchev–Trinajstić information content (AvgIpc) is 2.75. The van der Waals surface area contributed by atoms with Gasteiger partial charge in [0.25, 0.3) is 5.56 Å². The van der Waals surface area contributed by atoms with Gasteiger partial charge in [0, 0.05) is 57.7 Å². The number of benzene rings is 1. The number of likely N-dealkylation sites (N-methyl/N-ethyl adjacent to an activating group) is 1. The second kappa shape index (κ2) is 14.2. The van der Waals surface area contributed by atoms with Crippen molar-refractivity contribution in [2.45, 2.75) is 45.3 Å². The summed E-state index contributed by atoms with van der Waals surface area (Å²) in [6, 6.07) is 3.63. The van der Waals surface area contributed by atoms with Crippen molar-refractivity contribution in [3.05, 3.63) is 28.8 Å². The molecule has 0 saturated carbocycles. The van der Waals surface area contributed by atoms with Crippen LogP contribution in [0.2, 0.25) is 0 Å². The zero-order chi connectivity index (χ0) is 23.8. The van der Waals surface area contributed by atoms with Crippen molar-refractivity contribution in [3.63, 3.8) is 0 Å². The summed E-state index contributed by atoms with van der Waals surface area (Å²) in [6.45, 7) is 12.0. The number of fused-ring (bicyclic) bond motifs is 1. The monoisotopic (exact) mass is 500 g/mol. The molecule has 2 saturated heterocycles. The van der Waals surface area contributed by atoms with Crippen LogP contribution in [0.25, 0.3) is 10.9 Å². The van der Waals surface area contributed by atoms with E-state index in [0.717, 1.165) is 45.6 Å². The molecule has 1 N–H and O–H groups in total. The van der Waals surface area contributed by atoms with Gasteiger partial charge in [0.05, 0.1) is 25.1 Å². The molecule has 1 aromatic carbocycles. The first kappa shape index (κ1) is 29.7. The van der Waals surface area contributed by atoms with Gasteiger partial charge >= 0.3 is 51.4 Å². The molecule has 10 heteroatoms. The van der Waals surface area contributed by atoms with E-state index < -0.39 is 5.60 Å². The molecule has 1 aromatic heterocycles. The van der Waals surface area contributed by atoms with Gasteiger partial charge in [0.2, 0.25) is 0 Å². The maximum Gasteiger partial charge on any atom is 1.00 e. The van der Waals surface area contributed by atoms with E-state index in [1.165, 1.54) is 6.33 Å². The van der Waals surface area contributed by atoms with Gasteiger partial charge in [-0.3, -0.25) is 9.69 Å². The largest absolute Gasteiger partial charge is 1.00 e. The molecule has 0 radical (unpaired) electrons. The molecule has 184 valence electrons. The Labute approximate surface area is 244 Å². The Hall–Kier alpha value is -0.564. The van der Waals surface area contributed by atoms with Crippen molar-refractivity contribution in [1.82, 2.24) is 19.8 Å². The van der Waals surface area contributed by atoms with Crippen LogP contribution in [0.15, 0.2) is 23.3 Å². The Morgan fingerprint density at radius 2 is 1.82 bits per heavy atom. The summed E-state index contributed by atoms with van der Waals surface area (Å²) in [6.07, 6.45) is 3.08. The van der Waals surface area contributed by atoms with Crippen molar-refractivity contribution in [3.8, 4) is 11.5 Å². The zero-order valence-electron chi connectivity index (χ0n) is 21.3. The Morgan fingerprint density at radius 3 is 2.47 bits per heavy atom. The minimum atomic E-state index is -0.750. The third kappa shape index (κ3) is 10.2. The van der Waals surface area contributed by atoms with Gasteiger partial charge in [-0.05, 0) is 7.05 Å². The summed E-state index contributed by atoms with van der Waals surface area (Å²) in [4.78, 5) is 24.0. The standard InChI is InChI=1S/C20H28N4O4.C4H9O.K/c1-23-4-6-24(7-5-23)8-11-27-16-12-17-19(20(25)22-14-21-17)18(13-16)28-15-2-9-26-10-3-15;1-4(2,3)5;/h12-15H,2-11H2,1H3,(H,21,22,25);1-3H3;/q;-1;+1. The van der Waals surface area contributed by atoms with Gasteiger partial charge in [0.15, 0.2) is 0 Å². The summed E-state index contributed by atoms with van der Waals surface area (Å²) in [5, 5.41) is 10.6. The molecule has 0 bridgehead atoms. The van der Waals surface area contributed by atoms with E-state index >= 15 is 0 Å². The summed E-state index contributed by atoms with van der Waals surface area (Å²) in [5.74, 6) is 1.22. The molecular formula is C24H37KN4O5. The van der Waals surface area contributed by atoms with E-state index in [1.807, 2.05) is 12.1 Å². The molecule has 0 atom stereocenters. The third-order valence-corrected chi connectivity index (χ3v) is 5.42. The number of H-pyrrole nitrogens is 1. The summed E-state index contributed by atoms with van der Waals surface area (Å²) in [7, 11) is 2.15. The molecule has 0 unspecified atom stereocenters. The second-order valence-electron chi connectivity index (χ2n) is 9.58. The van der Waals surface area contributed by atoms with Crippen LogP contribution in [-0.2, 0) is 4.74 Å². The molecule has 2 fully saturated rings. The van der Waals surface area contributed by atoms with E-state index in [0.29, 0.717) is 42.2 Å². The van der Waals surface area contributed by atoms with Crippen molar-refractivity contribution in [2.24, 2.45) is 0 Å². The maximum absolute atomic E-state index is 12.3. The SMILES string of the molecule is CC(C)(C)[O-].CN1CCN(CCOc2cc(OC3CCOCC3)c3c(=O)[nH]cnc3c2)CC1.[K+]. The second-order valence-corrected chi connectivity index (χ2v) is 9.58. The summed E-state index contributed by atoms with van der Waals surface area (Å²) < 4.78 is 17.6. The quantitative estimate of drug-likeness (QED) is 0.466. The van der Waals surface area contributed by atoms with E-state index in [1.54, 1.807) is 20.8 Å². The molecule has 2 aromatic rings. The van der Waals surface area contributed by atoms with Crippen molar-refractivity contribution in [1.29, 1.82) is 0 Å². The van der Waals surface area contributed by atoms with Gasteiger partial charge in [-0.2, -0.15) is 0 Å². The van der Waals surface area contributed by atoms with Crippen LogP contribution in [-0.4, -0.2) is 91.1 Å². The minimum absolute atomic E-state index is 0. The fourth-order valence-electron chi connectivity index (χ4n) is 3.65.